The van der Waals surface area contributed by atoms with Gasteiger partial charge in [0.15, 0.2) is 17.3 Å². The third-order valence-corrected chi connectivity index (χ3v) is 5.19. The predicted molar refractivity (Wildman–Crippen MR) is 94.0 cm³/mol. The number of tetrazole rings is 1. The largest absolute Gasteiger partial charge is 0.242 e. The summed E-state index contributed by atoms with van der Waals surface area (Å²) in [5, 5.41) is 16.5. The highest BCUT2D eigenvalue weighted by atomic mass is 32.2. The number of nitrogens with zero attached hydrogens (tertiary/aromatic N) is 7. The minimum absolute atomic E-state index is 0.455. The van der Waals surface area contributed by atoms with Crippen molar-refractivity contribution in [2.75, 3.05) is 12.0 Å². The van der Waals surface area contributed by atoms with E-state index >= 15 is 0 Å². The van der Waals surface area contributed by atoms with Crippen molar-refractivity contribution in [3.8, 4) is 11.4 Å². The molecule has 0 unspecified atom stereocenters. The smallest absolute Gasteiger partial charge is 0.179 e. The summed E-state index contributed by atoms with van der Waals surface area (Å²) >= 11 is 1.83. The maximum Gasteiger partial charge on any atom is 0.179 e. The first kappa shape index (κ1) is 15.6. The van der Waals surface area contributed by atoms with Crippen LogP contribution in [-0.2, 0) is 6.42 Å². The first-order valence-corrected chi connectivity index (χ1v) is 9.87. The van der Waals surface area contributed by atoms with Gasteiger partial charge >= 0.3 is 0 Å². The van der Waals surface area contributed by atoms with Gasteiger partial charge in [-0.05, 0) is 41.7 Å². The van der Waals surface area contributed by atoms with Crippen LogP contribution in [0.15, 0.2) is 18.3 Å². The predicted octanol–water partition coefficient (Wildman–Crippen LogP) is 2.79. The maximum atomic E-state index is 4.85. The molecular formula is C16H21N7S. The van der Waals surface area contributed by atoms with Crippen LogP contribution in [0.3, 0.4) is 0 Å². The summed E-state index contributed by atoms with van der Waals surface area (Å²) in [4.78, 5) is 4.85. The van der Waals surface area contributed by atoms with Crippen LogP contribution >= 0.6 is 11.8 Å². The Labute approximate surface area is 144 Å². The van der Waals surface area contributed by atoms with Crippen molar-refractivity contribution >= 4 is 17.4 Å². The van der Waals surface area contributed by atoms with Gasteiger partial charge in [0.2, 0.25) is 0 Å². The van der Waals surface area contributed by atoms with E-state index in [0.29, 0.717) is 6.04 Å². The van der Waals surface area contributed by atoms with Crippen molar-refractivity contribution in [3.05, 3.63) is 24.2 Å². The Morgan fingerprint density at radius 3 is 2.96 bits per heavy atom. The molecule has 1 aliphatic carbocycles. The molecule has 1 fully saturated rings. The van der Waals surface area contributed by atoms with Gasteiger partial charge in [-0.25, -0.2) is 14.2 Å². The third-order valence-electron chi connectivity index (χ3n) is 4.58. The van der Waals surface area contributed by atoms with Crippen LogP contribution in [0.1, 0.15) is 44.0 Å². The zero-order valence-electron chi connectivity index (χ0n) is 13.8. The van der Waals surface area contributed by atoms with E-state index in [9.17, 15) is 0 Å². The lowest BCUT2D eigenvalue weighted by Gasteiger charge is -2.23. The molecule has 24 heavy (non-hydrogen) atoms. The second-order valence-corrected chi connectivity index (χ2v) is 7.21. The van der Waals surface area contributed by atoms with Crippen LogP contribution in [-0.4, -0.2) is 46.8 Å². The quantitative estimate of drug-likeness (QED) is 0.709. The number of rotatable bonds is 5. The fraction of sp³-hybridized carbons (Fsp3) is 0.562. The molecule has 0 saturated heterocycles. The molecule has 1 aliphatic rings. The van der Waals surface area contributed by atoms with Crippen molar-refractivity contribution in [2.24, 2.45) is 0 Å². The first-order valence-electron chi connectivity index (χ1n) is 8.47. The Balaban J connectivity index is 1.74. The van der Waals surface area contributed by atoms with Gasteiger partial charge < -0.3 is 0 Å². The molecule has 7 nitrogen and oxygen atoms in total. The number of fused-ring (bicyclic) bond motifs is 1. The fourth-order valence-corrected chi connectivity index (χ4v) is 3.71. The SMILES string of the molecule is CSCCc1nc(-c2ccn3nnnc3c2)n(C2CCCCC2)n1. The van der Waals surface area contributed by atoms with E-state index in [1.165, 1.54) is 32.1 Å². The van der Waals surface area contributed by atoms with Gasteiger partial charge in [-0.3, -0.25) is 0 Å². The molecular weight excluding hydrogens is 322 g/mol. The van der Waals surface area contributed by atoms with Gasteiger partial charge in [0.25, 0.3) is 0 Å². The Kier molecular flexibility index (Phi) is 4.46. The van der Waals surface area contributed by atoms with Crippen molar-refractivity contribution in [1.82, 2.24) is 34.8 Å². The van der Waals surface area contributed by atoms with Crippen LogP contribution in [0.4, 0.5) is 0 Å². The van der Waals surface area contributed by atoms with E-state index < -0.39 is 0 Å². The molecule has 0 spiro atoms. The standard InChI is InChI=1S/C16H21N7S/c1-24-10-8-14-17-16(23(19-14)13-5-3-2-4-6-13)12-7-9-22-15(11-12)18-20-21-22/h7,9,11,13H,2-6,8,10H2,1H3. The molecule has 0 aliphatic heterocycles. The molecule has 0 bridgehead atoms. The monoisotopic (exact) mass is 343 g/mol. The molecule has 3 aromatic heterocycles. The summed E-state index contributed by atoms with van der Waals surface area (Å²) in [6.45, 7) is 0. The average molecular weight is 343 g/mol. The van der Waals surface area contributed by atoms with Crippen molar-refractivity contribution < 1.29 is 0 Å². The molecule has 3 heterocycles. The first-order chi connectivity index (χ1) is 11.8. The average Bonchev–Trinajstić information content (AvgIpc) is 3.26. The van der Waals surface area contributed by atoms with Gasteiger partial charge in [0.1, 0.15) is 0 Å². The topological polar surface area (TPSA) is 73.8 Å². The molecule has 0 amide bonds. The lowest BCUT2D eigenvalue weighted by Crippen LogP contribution is -2.15. The Bertz CT molecular complexity index is 819. The van der Waals surface area contributed by atoms with Gasteiger partial charge in [-0.15, -0.1) is 5.10 Å². The van der Waals surface area contributed by atoms with Crippen LogP contribution in [0.2, 0.25) is 0 Å². The summed E-state index contributed by atoms with van der Waals surface area (Å²) in [5.74, 6) is 2.93. The van der Waals surface area contributed by atoms with Gasteiger partial charge in [0.05, 0.1) is 6.04 Å². The van der Waals surface area contributed by atoms with E-state index in [4.69, 9.17) is 10.1 Å². The zero-order valence-corrected chi connectivity index (χ0v) is 14.6. The van der Waals surface area contributed by atoms with Crippen molar-refractivity contribution in [1.29, 1.82) is 0 Å². The van der Waals surface area contributed by atoms with Crippen LogP contribution in [0, 0.1) is 0 Å². The van der Waals surface area contributed by atoms with E-state index in [-0.39, 0.29) is 0 Å². The normalized spacial score (nSPS) is 16.0. The Morgan fingerprint density at radius 1 is 1.25 bits per heavy atom. The highest BCUT2D eigenvalue weighted by molar-refractivity contribution is 7.98. The molecule has 3 aromatic rings. The van der Waals surface area contributed by atoms with E-state index in [1.807, 2.05) is 30.1 Å². The Hall–Kier alpha value is -1.96. The van der Waals surface area contributed by atoms with Gasteiger partial charge in [-0.2, -0.15) is 16.9 Å². The Morgan fingerprint density at radius 2 is 2.12 bits per heavy atom. The summed E-state index contributed by atoms with van der Waals surface area (Å²) in [6, 6.07) is 4.46. The van der Waals surface area contributed by atoms with Crippen LogP contribution in [0.5, 0.6) is 0 Å². The summed E-state index contributed by atoms with van der Waals surface area (Å²) in [7, 11) is 0. The van der Waals surface area contributed by atoms with Gasteiger partial charge in [-0.1, -0.05) is 19.3 Å². The lowest BCUT2D eigenvalue weighted by atomic mass is 9.95. The highest BCUT2D eigenvalue weighted by Gasteiger charge is 2.22. The van der Waals surface area contributed by atoms with Crippen LogP contribution in [0.25, 0.3) is 17.0 Å². The van der Waals surface area contributed by atoms with E-state index in [0.717, 1.165) is 35.0 Å². The molecule has 126 valence electrons. The summed E-state index contributed by atoms with van der Waals surface area (Å²) in [5.41, 5.74) is 1.77. The van der Waals surface area contributed by atoms with E-state index in [2.05, 4.69) is 26.5 Å². The summed E-state index contributed by atoms with van der Waals surface area (Å²) in [6.07, 6.45) is 11.2. The molecule has 1 saturated carbocycles. The number of thioether (sulfide) groups is 1. The second-order valence-electron chi connectivity index (χ2n) is 6.23. The zero-order chi connectivity index (χ0) is 16.4. The fourth-order valence-electron chi connectivity index (χ4n) is 3.32. The number of aryl methyl sites for hydroxylation is 1. The number of hydrogen-bond donors (Lipinski definition) is 0. The van der Waals surface area contributed by atoms with Crippen LogP contribution < -0.4 is 0 Å². The van der Waals surface area contributed by atoms with Crippen molar-refractivity contribution in [2.45, 2.75) is 44.6 Å². The maximum absolute atomic E-state index is 4.85. The molecule has 4 rings (SSSR count). The molecule has 8 heteroatoms. The minimum atomic E-state index is 0.455. The number of pyridine rings is 1. The third kappa shape index (κ3) is 3.02. The van der Waals surface area contributed by atoms with E-state index in [1.54, 1.807) is 4.52 Å². The molecule has 0 N–H and O–H groups in total. The molecule has 0 radical (unpaired) electrons. The van der Waals surface area contributed by atoms with Gasteiger partial charge in [0, 0.05) is 23.9 Å². The summed E-state index contributed by atoms with van der Waals surface area (Å²) < 4.78 is 3.82. The van der Waals surface area contributed by atoms with Crippen molar-refractivity contribution in [3.63, 3.8) is 0 Å². The number of hydrogen-bond acceptors (Lipinski definition) is 6. The lowest BCUT2D eigenvalue weighted by molar-refractivity contribution is 0.330. The minimum Gasteiger partial charge on any atom is -0.242 e. The number of aromatic nitrogens is 7. The molecule has 0 aromatic carbocycles. The highest BCUT2D eigenvalue weighted by Crippen LogP contribution is 2.31. The second kappa shape index (κ2) is 6.88. The molecule has 0 atom stereocenters.